The number of para-hydroxylation sites is 1. The molecule has 0 fully saturated rings. The highest BCUT2D eigenvalue weighted by Crippen LogP contribution is 2.15. The number of ether oxygens (including phenoxy) is 1. The predicted octanol–water partition coefficient (Wildman–Crippen LogP) is 2.64. The fraction of sp³-hybridized carbons (Fsp3) is 0.250. The predicted molar refractivity (Wildman–Crippen MR) is 45.8 cm³/mol. The van der Waals surface area contributed by atoms with Crippen LogP contribution in [-0.2, 0) is 0 Å². The summed E-state index contributed by atoms with van der Waals surface area (Å²) in [6.45, 7) is 1.98. The molecular weight excluding hydrogens is 154 g/mol. The fourth-order valence-electron chi connectivity index (χ4n) is 0.843. The molecule has 62 valence electrons. The molecule has 1 aromatic carbocycles. The van der Waals surface area contributed by atoms with Gasteiger partial charge in [0.25, 0.3) is 0 Å². The lowest BCUT2D eigenvalue weighted by Gasteiger charge is -2.04. The normalized spacial score (nSPS) is 8.75. The van der Waals surface area contributed by atoms with Gasteiger partial charge in [-0.25, -0.2) is 0 Å². The lowest BCUT2D eigenvalue weighted by Crippen LogP contribution is -1.93. The van der Waals surface area contributed by atoms with Gasteiger partial charge in [-0.2, -0.15) is 0 Å². The van der Waals surface area contributed by atoms with E-state index in [-0.39, 0.29) is 6.73 Å². The molecule has 0 amide bonds. The highest BCUT2D eigenvalue weighted by molar-refractivity contribution is 5.31. The minimum Gasteiger partial charge on any atom is -0.487 e. The monoisotopic (exact) mass is 163 g/mol. The highest BCUT2D eigenvalue weighted by atomic mass is 16.5. The number of benzene rings is 1. The van der Waals surface area contributed by atoms with E-state index in [0.29, 0.717) is 0 Å². The first-order valence-electron chi connectivity index (χ1n) is 3.54. The summed E-state index contributed by atoms with van der Waals surface area (Å²) in [7, 11) is 0. The zero-order chi connectivity index (χ0) is 8.81. The van der Waals surface area contributed by atoms with Crippen molar-refractivity contribution in [2.45, 2.75) is 6.92 Å². The van der Waals surface area contributed by atoms with Crippen LogP contribution in [0, 0.1) is 6.92 Å². The largest absolute Gasteiger partial charge is 0.487 e. The maximum Gasteiger partial charge on any atom is 0.167 e. The maximum atomic E-state index is 7.99. The number of nitrogens with zero attached hydrogens (tertiary/aromatic N) is 3. The van der Waals surface area contributed by atoms with E-state index < -0.39 is 0 Å². The van der Waals surface area contributed by atoms with Gasteiger partial charge in [0.2, 0.25) is 0 Å². The molecule has 1 rings (SSSR count). The van der Waals surface area contributed by atoms with Crippen LogP contribution in [-0.4, -0.2) is 6.73 Å². The first-order valence-corrected chi connectivity index (χ1v) is 3.54. The highest BCUT2D eigenvalue weighted by Gasteiger charge is 1.94. The van der Waals surface area contributed by atoms with E-state index in [4.69, 9.17) is 10.3 Å². The van der Waals surface area contributed by atoms with Crippen molar-refractivity contribution in [1.82, 2.24) is 0 Å². The molecule has 12 heavy (non-hydrogen) atoms. The van der Waals surface area contributed by atoms with E-state index in [2.05, 4.69) is 10.0 Å². The number of aryl methyl sites for hydroxylation is 1. The van der Waals surface area contributed by atoms with Crippen molar-refractivity contribution < 1.29 is 4.74 Å². The third-order valence-electron chi connectivity index (χ3n) is 1.43. The number of rotatable bonds is 3. The van der Waals surface area contributed by atoms with Gasteiger partial charge in [0.15, 0.2) is 6.73 Å². The van der Waals surface area contributed by atoms with Crippen LogP contribution < -0.4 is 4.74 Å². The Labute approximate surface area is 70.4 Å². The summed E-state index contributed by atoms with van der Waals surface area (Å²) in [4.78, 5) is 2.58. The molecule has 0 unspecified atom stereocenters. The molecule has 0 aromatic heterocycles. The van der Waals surface area contributed by atoms with Gasteiger partial charge in [-0.3, -0.25) is 0 Å². The molecule has 1 aromatic rings. The van der Waals surface area contributed by atoms with E-state index in [0.717, 1.165) is 11.3 Å². The van der Waals surface area contributed by atoms with Gasteiger partial charge in [-0.15, -0.1) is 0 Å². The summed E-state index contributed by atoms with van der Waals surface area (Å²) < 4.78 is 5.16. The van der Waals surface area contributed by atoms with Crippen molar-refractivity contribution in [3.63, 3.8) is 0 Å². The Balaban J connectivity index is 2.62. The minimum atomic E-state index is 0.0430. The Morgan fingerprint density at radius 3 is 2.92 bits per heavy atom. The van der Waals surface area contributed by atoms with Crippen molar-refractivity contribution in [3.8, 4) is 5.75 Å². The minimum absolute atomic E-state index is 0.0430. The van der Waals surface area contributed by atoms with E-state index in [1.165, 1.54) is 0 Å². The Kier molecular flexibility index (Phi) is 2.99. The molecule has 0 saturated heterocycles. The fourth-order valence-corrected chi connectivity index (χ4v) is 0.843. The Hall–Kier alpha value is -1.67. The second-order valence-electron chi connectivity index (χ2n) is 2.27. The van der Waals surface area contributed by atoms with Crippen LogP contribution >= 0.6 is 0 Å². The van der Waals surface area contributed by atoms with Crippen LogP contribution in [0.2, 0.25) is 0 Å². The molecule has 0 heterocycles. The SMILES string of the molecule is Cc1ccccc1OCN=[N+]=[N-]. The van der Waals surface area contributed by atoms with Crippen LogP contribution in [0.15, 0.2) is 29.4 Å². The Morgan fingerprint density at radius 1 is 1.50 bits per heavy atom. The van der Waals surface area contributed by atoms with Gasteiger partial charge < -0.3 is 4.74 Å². The van der Waals surface area contributed by atoms with Crippen LogP contribution in [0.3, 0.4) is 0 Å². The number of hydrogen-bond donors (Lipinski definition) is 0. The van der Waals surface area contributed by atoms with E-state index in [1.54, 1.807) is 0 Å². The summed E-state index contributed by atoms with van der Waals surface area (Å²) in [5.41, 5.74) is 9.02. The molecule has 0 bridgehead atoms. The lowest BCUT2D eigenvalue weighted by atomic mass is 10.2. The van der Waals surface area contributed by atoms with Gasteiger partial charge in [-0.05, 0) is 24.1 Å². The first kappa shape index (κ1) is 8.43. The zero-order valence-corrected chi connectivity index (χ0v) is 6.77. The number of hydrogen-bond acceptors (Lipinski definition) is 2. The summed E-state index contributed by atoms with van der Waals surface area (Å²) in [6, 6.07) is 7.57. The summed E-state index contributed by atoms with van der Waals surface area (Å²) in [6.07, 6.45) is 0. The van der Waals surface area contributed by atoms with E-state index >= 15 is 0 Å². The van der Waals surface area contributed by atoms with Crippen molar-refractivity contribution in [1.29, 1.82) is 0 Å². The third-order valence-corrected chi connectivity index (χ3v) is 1.43. The quantitative estimate of drug-likeness (QED) is 0.384. The average molecular weight is 163 g/mol. The molecule has 0 saturated carbocycles. The molecule has 0 aliphatic carbocycles. The van der Waals surface area contributed by atoms with E-state index in [9.17, 15) is 0 Å². The van der Waals surface area contributed by atoms with Crippen molar-refractivity contribution >= 4 is 0 Å². The molecule has 4 heteroatoms. The molecule has 0 aliphatic heterocycles. The van der Waals surface area contributed by atoms with Crippen molar-refractivity contribution in [2.75, 3.05) is 6.73 Å². The number of azide groups is 1. The molecule has 0 spiro atoms. The Bertz CT molecular complexity index is 305. The van der Waals surface area contributed by atoms with Gasteiger partial charge in [0.05, 0.1) is 0 Å². The van der Waals surface area contributed by atoms with Gasteiger partial charge in [0.1, 0.15) is 5.75 Å². The average Bonchev–Trinajstić information content (AvgIpc) is 2.09. The van der Waals surface area contributed by atoms with Crippen molar-refractivity contribution in [3.05, 3.63) is 40.3 Å². The molecule has 0 radical (unpaired) electrons. The van der Waals surface area contributed by atoms with Crippen LogP contribution in [0.1, 0.15) is 5.56 Å². The molecular formula is C8H9N3O. The summed E-state index contributed by atoms with van der Waals surface area (Å²) in [5.74, 6) is 0.755. The third kappa shape index (κ3) is 2.18. The second kappa shape index (κ2) is 4.26. The van der Waals surface area contributed by atoms with Crippen molar-refractivity contribution in [2.24, 2.45) is 5.11 Å². The van der Waals surface area contributed by atoms with Crippen LogP contribution in [0.25, 0.3) is 10.4 Å². The molecule has 0 aliphatic rings. The van der Waals surface area contributed by atoms with Gasteiger partial charge in [0, 0.05) is 4.91 Å². The standard InChI is InChI=1S/C8H9N3O/c1-7-4-2-3-5-8(7)12-6-10-11-9/h2-5H,6H2,1H3. The first-order chi connectivity index (χ1) is 5.84. The smallest absolute Gasteiger partial charge is 0.167 e. The molecule has 0 atom stereocenters. The van der Waals surface area contributed by atoms with Crippen LogP contribution in [0.5, 0.6) is 5.75 Å². The maximum absolute atomic E-state index is 7.99. The van der Waals surface area contributed by atoms with Crippen LogP contribution in [0.4, 0.5) is 0 Å². The summed E-state index contributed by atoms with van der Waals surface area (Å²) >= 11 is 0. The topological polar surface area (TPSA) is 58.0 Å². The van der Waals surface area contributed by atoms with Gasteiger partial charge in [-0.1, -0.05) is 23.3 Å². The zero-order valence-electron chi connectivity index (χ0n) is 6.77. The summed E-state index contributed by atoms with van der Waals surface area (Å²) in [5, 5.41) is 3.27. The Morgan fingerprint density at radius 2 is 2.25 bits per heavy atom. The molecule has 4 nitrogen and oxygen atoms in total. The van der Waals surface area contributed by atoms with E-state index in [1.807, 2.05) is 31.2 Å². The molecule has 0 N–H and O–H groups in total. The van der Waals surface area contributed by atoms with Gasteiger partial charge >= 0.3 is 0 Å². The lowest BCUT2D eigenvalue weighted by molar-refractivity contribution is 0.327. The second-order valence-corrected chi connectivity index (χ2v) is 2.27.